The Bertz CT molecular complexity index is 1930. The molecule has 0 spiro atoms. The minimum Gasteiger partial charge on any atom is -0.452 e. The van der Waals surface area contributed by atoms with E-state index in [1.807, 2.05) is 91.0 Å². The molecule has 5 aliphatic rings. The van der Waals surface area contributed by atoms with Crippen LogP contribution in [-0.2, 0) is 44.6 Å². The van der Waals surface area contributed by atoms with Gasteiger partial charge in [-0.3, -0.25) is 4.79 Å². The second kappa shape index (κ2) is 16.0. The van der Waals surface area contributed by atoms with E-state index in [1.165, 1.54) is 7.11 Å². The first kappa shape index (κ1) is 40.4. The number of esters is 1. The number of rotatable bonds is 13. The number of fused-ring (bicyclic) bond motifs is 2. The lowest BCUT2D eigenvalue weighted by Gasteiger charge is -2.59. The van der Waals surface area contributed by atoms with Gasteiger partial charge in [-0.1, -0.05) is 130 Å². The Labute approximate surface area is 341 Å². The van der Waals surface area contributed by atoms with Crippen LogP contribution >= 0.6 is 0 Å². The molecule has 308 valence electrons. The molecule has 12 atom stereocenters. The summed E-state index contributed by atoms with van der Waals surface area (Å²) in [5.41, 5.74) is 0.113. The van der Waals surface area contributed by atoms with Crippen LogP contribution in [0.4, 0.5) is 4.79 Å². The summed E-state index contributed by atoms with van der Waals surface area (Å²) >= 11 is 0. The molecule has 1 aliphatic heterocycles. The number of carbonyl (C=O) groups excluding carboxylic acids is 3. The Morgan fingerprint density at radius 1 is 0.897 bits per heavy atom. The highest BCUT2D eigenvalue weighted by Gasteiger charge is 2.85. The fourth-order valence-corrected chi connectivity index (χ4v) is 12.1. The van der Waals surface area contributed by atoms with Gasteiger partial charge < -0.3 is 38.3 Å². The number of hydrogen-bond donors (Lipinski definition) is 1. The van der Waals surface area contributed by atoms with Crippen molar-refractivity contribution >= 4 is 18.4 Å². The minimum atomic E-state index is -1.46. The van der Waals surface area contributed by atoms with Crippen LogP contribution in [0.3, 0.4) is 0 Å². The quantitative estimate of drug-likeness (QED) is 0.103. The Kier molecular flexibility index (Phi) is 11.2. The van der Waals surface area contributed by atoms with E-state index in [-0.39, 0.29) is 36.9 Å². The number of aliphatic hydroxyl groups excluding tert-OH is 1. The molecule has 7 unspecified atom stereocenters. The van der Waals surface area contributed by atoms with Crippen LogP contribution in [0.15, 0.2) is 103 Å². The average Bonchev–Trinajstić information content (AvgIpc) is 3.81. The minimum absolute atomic E-state index is 0.00120. The van der Waals surface area contributed by atoms with Gasteiger partial charge in [-0.2, -0.15) is 0 Å². The number of carbonyl (C=O) groups is 3. The highest BCUT2D eigenvalue weighted by molar-refractivity contribution is 5.92. The van der Waals surface area contributed by atoms with E-state index in [4.69, 9.17) is 28.4 Å². The van der Waals surface area contributed by atoms with Crippen molar-refractivity contribution in [3.8, 4) is 0 Å². The molecule has 3 saturated carbocycles. The molecule has 0 radical (unpaired) electrons. The molecule has 0 aromatic heterocycles. The van der Waals surface area contributed by atoms with E-state index in [0.29, 0.717) is 18.8 Å². The van der Waals surface area contributed by atoms with Crippen LogP contribution in [0.1, 0.15) is 76.2 Å². The van der Waals surface area contributed by atoms with Crippen molar-refractivity contribution in [2.75, 3.05) is 13.7 Å². The number of methoxy groups -OCH3 is 1. The van der Waals surface area contributed by atoms with Gasteiger partial charge >= 0.3 is 12.1 Å². The Balaban J connectivity index is 1.15. The van der Waals surface area contributed by atoms with Gasteiger partial charge in [0, 0.05) is 12.5 Å². The van der Waals surface area contributed by atoms with Gasteiger partial charge in [-0.05, 0) is 72.5 Å². The first-order valence-electron chi connectivity index (χ1n) is 20.9. The summed E-state index contributed by atoms with van der Waals surface area (Å²) in [6, 6.07) is 28.7. The zero-order chi connectivity index (χ0) is 40.8. The number of allylic oxidation sites excluding steroid dienone is 1. The molecule has 4 fully saturated rings. The normalized spacial score (nSPS) is 36.0. The van der Waals surface area contributed by atoms with Crippen LogP contribution in [0.25, 0.3) is 0 Å². The predicted molar refractivity (Wildman–Crippen MR) is 214 cm³/mol. The molecule has 3 aromatic rings. The lowest BCUT2D eigenvalue weighted by Crippen LogP contribution is -2.65. The summed E-state index contributed by atoms with van der Waals surface area (Å²) in [5, 5.41) is 11.9. The molecular formula is C48H56O10. The Morgan fingerprint density at radius 3 is 2.14 bits per heavy atom. The fourth-order valence-electron chi connectivity index (χ4n) is 12.1. The maximum Gasteiger partial charge on any atom is 0.509 e. The van der Waals surface area contributed by atoms with Gasteiger partial charge in [-0.15, -0.1) is 0 Å². The van der Waals surface area contributed by atoms with Gasteiger partial charge in [0.05, 0.1) is 18.1 Å². The van der Waals surface area contributed by atoms with Crippen molar-refractivity contribution < 1.29 is 47.9 Å². The van der Waals surface area contributed by atoms with Crippen LogP contribution in [0.5, 0.6) is 0 Å². The van der Waals surface area contributed by atoms with Crippen molar-refractivity contribution in [1.29, 1.82) is 0 Å². The third kappa shape index (κ3) is 6.33. The summed E-state index contributed by atoms with van der Waals surface area (Å²) < 4.78 is 36.8. The number of hydrogen-bond acceptors (Lipinski definition) is 10. The maximum absolute atomic E-state index is 15.9. The third-order valence-electron chi connectivity index (χ3n) is 14.5. The van der Waals surface area contributed by atoms with Gasteiger partial charge in [0.1, 0.15) is 30.5 Å². The van der Waals surface area contributed by atoms with Crippen molar-refractivity contribution in [3.05, 3.63) is 119 Å². The lowest BCUT2D eigenvalue weighted by molar-refractivity contribution is -0.307. The summed E-state index contributed by atoms with van der Waals surface area (Å²) in [6.45, 7) is 8.20. The first-order chi connectivity index (χ1) is 28.0. The molecule has 8 rings (SSSR count). The highest BCUT2D eigenvalue weighted by Crippen LogP contribution is 2.83. The third-order valence-corrected chi connectivity index (χ3v) is 14.5. The van der Waals surface area contributed by atoms with Crippen LogP contribution < -0.4 is 0 Å². The summed E-state index contributed by atoms with van der Waals surface area (Å²) in [6.07, 6.45) is -0.708. The van der Waals surface area contributed by atoms with Gasteiger partial charge in [0.15, 0.2) is 18.5 Å². The number of aldehydes is 1. The first-order valence-corrected chi connectivity index (χ1v) is 20.9. The molecule has 10 heteroatoms. The number of ether oxygens (including phenoxy) is 6. The van der Waals surface area contributed by atoms with Crippen LogP contribution in [0, 0.1) is 45.8 Å². The molecule has 3 aromatic carbocycles. The lowest BCUT2D eigenvalue weighted by atomic mass is 9.43. The molecule has 1 heterocycles. The fraction of sp³-hybridized carbons (Fsp3) is 0.521. The van der Waals surface area contributed by atoms with E-state index in [9.17, 15) is 14.7 Å². The Hall–Kier alpha value is -4.35. The number of aliphatic hydroxyl groups is 1. The molecule has 4 bridgehead atoms. The van der Waals surface area contributed by atoms with Crippen LogP contribution in [-0.4, -0.2) is 67.9 Å². The monoisotopic (exact) mass is 792 g/mol. The predicted octanol–water partition coefficient (Wildman–Crippen LogP) is 8.02. The second-order valence-corrected chi connectivity index (χ2v) is 17.6. The second-order valence-electron chi connectivity index (χ2n) is 17.6. The molecule has 4 aliphatic carbocycles. The number of benzene rings is 3. The topological polar surface area (TPSA) is 127 Å². The molecule has 10 nitrogen and oxygen atoms in total. The van der Waals surface area contributed by atoms with Gasteiger partial charge in [0.25, 0.3) is 0 Å². The zero-order valence-corrected chi connectivity index (χ0v) is 34.0. The molecule has 58 heavy (non-hydrogen) atoms. The zero-order valence-electron chi connectivity index (χ0n) is 34.0. The summed E-state index contributed by atoms with van der Waals surface area (Å²) in [5.74, 6) is -0.132. The van der Waals surface area contributed by atoms with Crippen molar-refractivity contribution in [1.82, 2.24) is 0 Å². The maximum atomic E-state index is 15.9. The summed E-state index contributed by atoms with van der Waals surface area (Å²) in [7, 11) is 1.46. The Morgan fingerprint density at radius 2 is 1.53 bits per heavy atom. The van der Waals surface area contributed by atoms with E-state index in [2.05, 4.69) is 26.8 Å². The molecule has 1 saturated heterocycles. The van der Waals surface area contributed by atoms with E-state index in [1.54, 1.807) is 6.92 Å². The largest absolute Gasteiger partial charge is 0.509 e. The standard InChI is InChI=1S/C48H56O10/c1-29(2)38-23-35-24-46(27-49)37-22-21-30(3)36(37)25-47(35,48(38,46)44(51)57-41(33-17-11-7-12-18-33)34-19-13-8-14-20-34)28-55-43-39(50)42(40(53-5)31(4)56-43)58-45(52)54-26-32-15-9-6-10-16-32/h6-20,23,27,29-31,35-37,39-43,50H,21-22,24-26,28H2,1-5H3/t30?,31-,35?,36?,37?,39+,40-,42+,43-,46?,47?,48?/m1/s1. The van der Waals surface area contributed by atoms with Crippen molar-refractivity contribution in [2.45, 2.75) is 96.8 Å². The SMILES string of the molecule is CO[C@H]1[C@@H](OC(=O)OCc2ccccc2)[C@H](O)[C@H](OCC23CC4C(C)CCC4C4(C=O)CC2C=C(C(C)C)C43C(=O)OC(c2ccccc2)c2ccccc2)O[C@@H]1C. The molecular weight excluding hydrogens is 737 g/mol. The summed E-state index contributed by atoms with van der Waals surface area (Å²) in [4.78, 5) is 43.1. The molecule has 1 N–H and O–H groups in total. The highest BCUT2D eigenvalue weighted by atomic mass is 16.8. The molecule has 0 amide bonds. The average molecular weight is 793 g/mol. The van der Waals surface area contributed by atoms with E-state index in [0.717, 1.165) is 41.4 Å². The van der Waals surface area contributed by atoms with Crippen LogP contribution in [0.2, 0.25) is 0 Å². The van der Waals surface area contributed by atoms with E-state index < -0.39 is 65.2 Å². The smallest absolute Gasteiger partial charge is 0.452 e. The van der Waals surface area contributed by atoms with Gasteiger partial charge in [0.2, 0.25) is 0 Å². The van der Waals surface area contributed by atoms with Crippen molar-refractivity contribution in [3.63, 3.8) is 0 Å². The van der Waals surface area contributed by atoms with Crippen molar-refractivity contribution in [2.24, 2.45) is 45.8 Å². The van der Waals surface area contributed by atoms with Gasteiger partial charge in [-0.25, -0.2) is 4.79 Å². The van der Waals surface area contributed by atoms with E-state index >= 15 is 4.79 Å².